The highest BCUT2D eigenvalue weighted by Gasteiger charge is 2.49. The molecule has 2 bridgehead atoms. The molecular formula is C12H12O2. The summed E-state index contributed by atoms with van der Waals surface area (Å²) in [5, 5.41) is 0. The van der Waals surface area contributed by atoms with Crippen LogP contribution in [0.1, 0.15) is 19.8 Å². The Morgan fingerprint density at radius 1 is 1.29 bits per heavy atom. The maximum absolute atomic E-state index is 11.2. The van der Waals surface area contributed by atoms with Gasteiger partial charge in [0.25, 0.3) is 0 Å². The highest BCUT2D eigenvalue weighted by atomic mass is 16.5. The minimum absolute atomic E-state index is 0.0642. The van der Waals surface area contributed by atoms with Crippen LogP contribution in [0.4, 0.5) is 0 Å². The van der Waals surface area contributed by atoms with E-state index < -0.39 is 0 Å². The van der Waals surface area contributed by atoms with E-state index in [2.05, 4.69) is 13.0 Å². The van der Waals surface area contributed by atoms with E-state index in [1.165, 1.54) is 0 Å². The third kappa shape index (κ3) is 0.919. The van der Waals surface area contributed by atoms with Gasteiger partial charge in [0.05, 0.1) is 5.60 Å². The molecule has 3 aliphatic rings. The molecule has 0 aromatic carbocycles. The average Bonchev–Trinajstić information content (AvgIpc) is 2.42. The molecule has 1 saturated heterocycles. The van der Waals surface area contributed by atoms with Crippen LogP contribution in [0, 0.1) is 0 Å². The summed E-state index contributed by atoms with van der Waals surface area (Å²) in [7, 11) is 0. The van der Waals surface area contributed by atoms with Crippen LogP contribution in [-0.2, 0) is 9.53 Å². The minimum atomic E-state index is -0.294. The molecule has 0 aromatic rings. The second-order valence-corrected chi connectivity index (χ2v) is 4.47. The Bertz CT molecular complexity index is 403. The number of ketones is 1. The lowest BCUT2D eigenvalue weighted by atomic mass is 9.86. The second-order valence-electron chi connectivity index (χ2n) is 4.47. The average molecular weight is 188 g/mol. The molecule has 2 atom stereocenters. The fourth-order valence-electron chi connectivity index (χ4n) is 2.48. The van der Waals surface area contributed by atoms with Crippen LogP contribution >= 0.6 is 0 Å². The number of carbonyl (C=O) groups excluding carboxylic acids is 1. The number of carbonyl (C=O) groups is 1. The van der Waals surface area contributed by atoms with Crippen molar-refractivity contribution >= 4 is 5.78 Å². The first-order chi connectivity index (χ1) is 6.62. The molecule has 2 unspecified atom stereocenters. The predicted octanol–water partition coefficient (Wildman–Crippen LogP) is 1.93. The normalized spacial score (nSPS) is 43.8. The molecule has 1 fully saturated rings. The second kappa shape index (κ2) is 2.26. The van der Waals surface area contributed by atoms with Crippen molar-refractivity contribution in [2.24, 2.45) is 0 Å². The van der Waals surface area contributed by atoms with Gasteiger partial charge in [-0.3, -0.25) is 4.79 Å². The van der Waals surface area contributed by atoms with Crippen molar-refractivity contribution in [1.29, 1.82) is 0 Å². The molecule has 1 aliphatic carbocycles. The summed E-state index contributed by atoms with van der Waals surface area (Å²) in [6.07, 6.45) is 11.3. The van der Waals surface area contributed by atoms with Gasteiger partial charge in [-0.25, -0.2) is 0 Å². The van der Waals surface area contributed by atoms with Crippen molar-refractivity contribution in [3.8, 4) is 0 Å². The van der Waals surface area contributed by atoms with Crippen LogP contribution in [-0.4, -0.2) is 17.0 Å². The van der Waals surface area contributed by atoms with E-state index in [4.69, 9.17) is 4.74 Å². The number of ether oxygens (including phenoxy) is 1. The highest BCUT2D eigenvalue weighted by Crippen LogP contribution is 2.48. The van der Waals surface area contributed by atoms with Gasteiger partial charge < -0.3 is 4.74 Å². The lowest BCUT2D eigenvalue weighted by Gasteiger charge is -2.35. The first-order valence-corrected chi connectivity index (χ1v) is 4.97. The Morgan fingerprint density at radius 2 is 2.14 bits per heavy atom. The standard InChI is InChI=1S/C12H12O2/c1-11-4-2-9-8-10(13)3-5-12(9,14-11)7-6-11/h2-5,8H,6-7H2,1H3. The van der Waals surface area contributed by atoms with Crippen molar-refractivity contribution in [2.45, 2.75) is 31.0 Å². The summed E-state index contributed by atoms with van der Waals surface area (Å²) >= 11 is 0. The number of allylic oxidation sites excluding steroid dienone is 2. The molecule has 2 heteroatoms. The zero-order valence-corrected chi connectivity index (χ0v) is 8.12. The van der Waals surface area contributed by atoms with Crippen LogP contribution in [0.3, 0.4) is 0 Å². The van der Waals surface area contributed by atoms with Crippen LogP contribution in [0.15, 0.2) is 36.0 Å². The van der Waals surface area contributed by atoms with Gasteiger partial charge in [-0.1, -0.05) is 12.2 Å². The Balaban J connectivity index is 2.15. The number of hydrogen-bond donors (Lipinski definition) is 0. The van der Waals surface area contributed by atoms with Crippen molar-refractivity contribution in [1.82, 2.24) is 0 Å². The molecule has 3 rings (SSSR count). The molecule has 72 valence electrons. The Labute approximate surface area is 82.9 Å². The zero-order valence-electron chi connectivity index (χ0n) is 8.12. The summed E-state index contributed by atoms with van der Waals surface area (Å²) in [5.74, 6) is 0.0642. The highest BCUT2D eigenvalue weighted by molar-refractivity contribution is 6.02. The van der Waals surface area contributed by atoms with Gasteiger partial charge in [-0.15, -0.1) is 0 Å². The summed E-state index contributed by atoms with van der Waals surface area (Å²) in [6, 6.07) is 0. The largest absolute Gasteiger partial charge is 0.356 e. The first kappa shape index (κ1) is 8.18. The summed E-state index contributed by atoms with van der Waals surface area (Å²) in [6.45, 7) is 2.10. The van der Waals surface area contributed by atoms with E-state index in [-0.39, 0.29) is 17.0 Å². The van der Waals surface area contributed by atoms with E-state index in [9.17, 15) is 4.79 Å². The third-order valence-corrected chi connectivity index (χ3v) is 3.33. The van der Waals surface area contributed by atoms with E-state index in [0.717, 1.165) is 18.4 Å². The maximum Gasteiger partial charge on any atom is 0.178 e. The van der Waals surface area contributed by atoms with E-state index in [0.29, 0.717) is 0 Å². The molecule has 0 amide bonds. The molecule has 0 saturated carbocycles. The lowest BCUT2D eigenvalue weighted by Crippen LogP contribution is -2.37. The number of hydrogen-bond acceptors (Lipinski definition) is 2. The van der Waals surface area contributed by atoms with Crippen molar-refractivity contribution in [2.75, 3.05) is 0 Å². The Morgan fingerprint density at radius 3 is 3.00 bits per heavy atom. The van der Waals surface area contributed by atoms with E-state index in [1.807, 2.05) is 12.2 Å². The Kier molecular flexibility index (Phi) is 1.32. The molecule has 0 aromatic heterocycles. The summed E-state index contributed by atoms with van der Waals surface area (Å²) < 4.78 is 6.03. The van der Waals surface area contributed by atoms with Crippen molar-refractivity contribution in [3.05, 3.63) is 36.0 Å². The lowest BCUT2D eigenvalue weighted by molar-refractivity contribution is -0.111. The maximum atomic E-state index is 11.2. The van der Waals surface area contributed by atoms with Gasteiger partial charge in [0.15, 0.2) is 5.78 Å². The van der Waals surface area contributed by atoms with Gasteiger partial charge in [0.2, 0.25) is 0 Å². The molecule has 2 aliphatic heterocycles. The van der Waals surface area contributed by atoms with Gasteiger partial charge in [0, 0.05) is 0 Å². The summed E-state index contributed by atoms with van der Waals surface area (Å²) in [5.41, 5.74) is 0.597. The Hall–Kier alpha value is -1.15. The van der Waals surface area contributed by atoms with E-state index >= 15 is 0 Å². The first-order valence-electron chi connectivity index (χ1n) is 4.97. The van der Waals surface area contributed by atoms with Crippen LogP contribution in [0.25, 0.3) is 0 Å². The van der Waals surface area contributed by atoms with Crippen LogP contribution < -0.4 is 0 Å². The zero-order chi connectivity index (χ0) is 9.81. The fraction of sp³-hybridized carbons (Fsp3) is 0.417. The molecule has 1 spiro atoms. The van der Waals surface area contributed by atoms with Gasteiger partial charge in [-0.2, -0.15) is 0 Å². The van der Waals surface area contributed by atoms with Crippen LogP contribution in [0.2, 0.25) is 0 Å². The number of fused-ring (bicyclic) bond motifs is 1. The van der Waals surface area contributed by atoms with Crippen molar-refractivity contribution < 1.29 is 9.53 Å². The summed E-state index contributed by atoms with van der Waals surface area (Å²) in [4.78, 5) is 11.2. The molecule has 2 heterocycles. The third-order valence-electron chi connectivity index (χ3n) is 3.33. The van der Waals surface area contributed by atoms with Gasteiger partial charge in [0.1, 0.15) is 5.60 Å². The topological polar surface area (TPSA) is 26.3 Å². The fourth-order valence-corrected chi connectivity index (χ4v) is 2.48. The van der Waals surface area contributed by atoms with Crippen molar-refractivity contribution in [3.63, 3.8) is 0 Å². The van der Waals surface area contributed by atoms with E-state index in [1.54, 1.807) is 12.2 Å². The molecule has 0 radical (unpaired) electrons. The van der Waals surface area contributed by atoms with Gasteiger partial charge >= 0.3 is 0 Å². The predicted molar refractivity (Wildman–Crippen MR) is 52.8 cm³/mol. The van der Waals surface area contributed by atoms with Gasteiger partial charge in [-0.05, 0) is 43.6 Å². The quantitative estimate of drug-likeness (QED) is 0.580. The SMILES string of the molecule is CC12C=CC3=CC(=O)C=CC3(CC1)O2. The molecule has 2 nitrogen and oxygen atoms in total. The molecule has 0 N–H and O–H groups in total. The molecule has 14 heavy (non-hydrogen) atoms. The minimum Gasteiger partial charge on any atom is -0.356 e. The molecular weight excluding hydrogens is 176 g/mol. The smallest absolute Gasteiger partial charge is 0.178 e. The van der Waals surface area contributed by atoms with Crippen LogP contribution in [0.5, 0.6) is 0 Å². The monoisotopic (exact) mass is 188 g/mol. The number of rotatable bonds is 0.